The average molecular weight is 321 g/mol. The highest BCUT2D eigenvalue weighted by Crippen LogP contribution is 2.42. The Bertz CT molecular complexity index is 524. The Hall–Kier alpha value is -0.940. The molecule has 1 aliphatic carbocycles. The van der Waals surface area contributed by atoms with Crippen LogP contribution >= 0.6 is 11.3 Å². The predicted octanol–water partition coefficient (Wildman–Crippen LogP) is 4.06. The molecule has 1 N–H and O–H groups in total. The highest BCUT2D eigenvalue weighted by Gasteiger charge is 2.35. The van der Waals surface area contributed by atoms with E-state index in [4.69, 9.17) is 0 Å². The van der Waals surface area contributed by atoms with Crippen molar-refractivity contribution >= 4 is 22.4 Å². The van der Waals surface area contributed by atoms with E-state index in [1.807, 2.05) is 6.20 Å². The largest absolute Gasteiger partial charge is 0.302 e. The third kappa shape index (κ3) is 3.69. The van der Waals surface area contributed by atoms with Gasteiger partial charge < -0.3 is 5.32 Å². The molecule has 122 valence electrons. The van der Waals surface area contributed by atoms with E-state index >= 15 is 0 Å². The number of carbonyl (C=O) groups excluding carboxylic acids is 1. The summed E-state index contributed by atoms with van der Waals surface area (Å²) in [5.74, 6) is 0.374. The maximum Gasteiger partial charge on any atom is 0.229 e. The zero-order valence-corrected chi connectivity index (χ0v) is 14.7. The van der Waals surface area contributed by atoms with Gasteiger partial charge in [-0.2, -0.15) is 0 Å². The molecule has 2 aliphatic rings. The van der Waals surface area contributed by atoms with Gasteiger partial charge in [0, 0.05) is 17.0 Å². The summed E-state index contributed by atoms with van der Waals surface area (Å²) in [4.78, 5) is 20.2. The molecule has 5 heteroatoms. The van der Waals surface area contributed by atoms with E-state index in [1.54, 1.807) is 11.3 Å². The van der Waals surface area contributed by atoms with Crippen LogP contribution in [-0.2, 0) is 4.79 Å². The van der Waals surface area contributed by atoms with E-state index in [1.165, 1.54) is 37.2 Å². The van der Waals surface area contributed by atoms with E-state index in [9.17, 15) is 4.79 Å². The Kier molecular flexibility index (Phi) is 4.55. The highest BCUT2D eigenvalue weighted by atomic mass is 32.1. The number of anilines is 1. The van der Waals surface area contributed by atoms with E-state index in [0.717, 1.165) is 18.0 Å². The number of aromatic nitrogens is 1. The van der Waals surface area contributed by atoms with Crippen LogP contribution in [0, 0.1) is 11.3 Å². The zero-order valence-electron chi connectivity index (χ0n) is 13.9. The summed E-state index contributed by atoms with van der Waals surface area (Å²) in [7, 11) is 0. The fraction of sp³-hybridized carbons (Fsp3) is 0.765. The van der Waals surface area contributed by atoms with Crippen molar-refractivity contribution < 1.29 is 4.79 Å². The topological polar surface area (TPSA) is 45.2 Å². The molecular formula is C17H27N3OS. The molecule has 1 unspecified atom stereocenters. The lowest BCUT2D eigenvalue weighted by Crippen LogP contribution is -2.39. The van der Waals surface area contributed by atoms with Crippen molar-refractivity contribution in [2.75, 3.05) is 18.4 Å². The van der Waals surface area contributed by atoms with Crippen LogP contribution in [0.4, 0.5) is 5.13 Å². The number of nitrogens with one attached hydrogen (secondary N) is 1. The molecular weight excluding hydrogens is 294 g/mol. The Morgan fingerprint density at radius 1 is 1.32 bits per heavy atom. The van der Waals surface area contributed by atoms with Gasteiger partial charge in [-0.15, -0.1) is 11.3 Å². The number of hydrogen-bond acceptors (Lipinski definition) is 4. The monoisotopic (exact) mass is 321 g/mol. The fourth-order valence-electron chi connectivity index (χ4n) is 3.35. The zero-order chi connectivity index (χ0) is 15.7. The van der Waals surface area contributed by atoms with Gasteiger partial charge in [-0.05, 0) is 44.2 Å². The molecule has 22 heavy (non-hydrogen) atoms. The second-order valence-corrected chi connectivity index (χ2v) is 8.76. The number of rotatable bonds is 4. The standard InChI is InChI=1S/C17H27N3OS/c1-17(2,3)14(20-9-5-4-6-10-20)13-11-18-16(22-13)19-15(21)12-7-8-12/h11-12,14H,4-10H2,1-3H3,(H,18,19,21). The minimum absolute atomic E-state index is 0.145. The first-order valence-electron chi connectivity index (χ1n) is 8.46. The van der Waals surface area contributed by atoms with Crippen molar-refractivity contribution in [3.05, 3.63) is 11.1 Å². The van der Waals surface area contributed by atoms with Crippen LogP contribution in [0.1, 0.15) is 63.8 Å². The predicted molar refractivity (Wildman–Crippen MR) is 91.1 cm³/mol. The Labute approximate surface area is 137 Å². The molecule has 1 amide bonds. The first-order chi connectivity index (χ1) is 10.4. The van der Waals surface area contributed by atoms with Crippen LogP contribution in [0.3, 0.4) is 0 Å². The molecule has 0 bridgehead atoms. The summed E-state index contributed by atoms with van der Waals surface area (Å²) < 4.78 is 0. The van der Waals surface area contributed by atoms with Crippen LogP contribution in [-0.4, -0.2) is 28.9 Å². The van der Waals surface area contributed by atoms with Crippen molar-refractivity contribution in [3.8, 4) is 0 Å². The molecule has 4 nitrogen and oxygen atoms in total. The van der Waals surface area contributed by atoms with Gasteiger partial charge in [-0.25, -0.2) is 4.98 Å². The molecule has 1 aliphatic heterocycles. The Morgan fingerprint density at radius 2 is 2.00 bits per heavy atom. The number of amides is 1. The van der Waals surface area contributed by atoms with Gasteiger partial charge in [0.25, 0.3) is 0 Å². The normalized spacial score (nSPS) is 21.6. The van der Waals surface area contributed by atoms with Crippen molar-refractivity contribution in [3.63, 3.8) is 0 Å². The van der Waals surface area contributed by atoms with Gasteiger partial charge in [0.2, 0.25) is 5.91 Å². The van der Waals surface area contributed by atoms with E-state index < -0.39 is 0 Å². The molecule has 1 aromatic rings. The van der Waals surface area contributed by atoms with Crippen molar-refractivity contribution in [2.24, 2.45) is 11.3 Å². The van der Waals surface area contributed by atoms with Crippen LogP contribution in [0.25, 0.3) is 0 Å². The lowest BCUT2D eigenvalue weighted by atomic mass is 9.84. The van der Waals surface area contributed by atoms with Crippen LogP contribution in [0.15, 0.2) is 6.20 Å². The van der Waals surface area contributed by atoms with E-state index in [2.05, 4.69) is 36.0 Å². The minimum Gasteiger partial charge on any atom is -0.302 e. The SMILES string of the molecule is CC(C)(C)C(c1cnc(NC(=O)C2CC2)s1)N1CCCCC1. The lowest BCUT2D eigenvalue weighted by molar-refractivity contribution is -0.117. The second-order valence-electron chi connectivity index (χ2n) is 7.70. The summed E-state index contributed by atoms with van der Waals surface area (Å²) in [5, 5.41) is 3.75. The Balaban J connectivity index is 1.75. The molecule has 1 saturated carbocycles. The summed E-state index contributed by atoms with van der Waals surface area (Å²) in [5.41, 5.74) is 0.168. The first-order valence-corrected chi connectivity index (χ1v) is 9.27. The molecule has 0 spiro atoms. The average Bonchev–Trinajstić information content (AvgIpc) is 3.22. The highest BCUT2D eigenvalue weighted by molar-refractivity contribution is 7.15. The van der Waals surface area contributed by atoms with Gasteiger partial charge in [0.1, 0.15) is 0 Å². The maximum atomic E-state index is 11.9. The molecule has 0 radical (unpaired) electrons. The number of nitrogens with zero attached hydrogens (tertiary/aromatic N) is 2. The Morgan fingerprint density at radius 3 is 2.59 bits per heavy atom. The van der Waals surface area contributed by atoms with Crippen molar-refractivity contribution in [1.82, 2.24) is 9.88 Å². The third-order valence-electron chi connectivity index (χ3n) is 4.55. The number of piperidine rings is 1. The number of carbonyl (C=O) groups is 1. The summed E-state index contributed by atoms with van der Waals surface area (Å²) in [6.45, 7) is 9.24. The quantitative estimate of drug-likeness (QED) is 0.909. The van der Waals surface area contributed by atoms with Crippen LogP contribution < -0.4 is 5.32 Å². The van der Waals surface area contributed by atoms with Crippen LogP contribution in [0.2, 0.25) is 0 Å². The lowest BCUT2D eigenvalue weighted by Gasteiger charge is -2.41. The number of likely N-dealkylation sites (tertiary alicyclic amines) is 1. The second kappa shape index (κ2) is 6.28. The summed E-state index contributed by atoms with van der Waals surface area (Å²) in [6.07, 6.45) is 7.95. The molecule has 1 saturated heterocycles. The van der Waals surface area contributed by atoms with Crippen LogP contribution in [0.5, 0.6) is 0 Å². The molecule has 1 atom stereocenters. The van der Waals surface area contributed by atoms with Crippen molar-refractivity contribution in [1.29, 1.82) is 0 Å². The van der Waals surface area contributed by atoms with Gasteiger partial charge in [0.15, 0.2) is 5.13 Å². The number of thiazole rings is 1. The van der Waals surface area contributed by atoms with Crippen molar-refractivity contribution in [2.45, 2.75) is 58.9 Å². The maximum absolute atomic E-state index is 11.9. The fourth-order valence-corrected chi connectivity index (χ4v) is 4.55. The molecule has 2 fully saturated rings. The smallest absolute Gasteiger partial charge is 0.229 e. The van der Waals surface area contributed by atoms with E-state index in [0.29, 0.717) is 6.04 Å². The van der Waals surface area contributed by atoms with Gasteiger partial charge in [-0.1, -0.05) is 27.2 Å². The summed E-state index contributed by atoms with van der Waals surface area (Å²) >= 11 is 1.65. The van der Waals surface area contributed by atoms with E-state index in [-0.39, 0.29) is 17.2 Å². The molecule has 0 aromatic carbocycles. The third-order valence-corrected chi connectivity index (χ3v) is 5.51. The number of hydrogen-bond donors (Lipinski definition) is 1. The summed E-state index contributed by atoms with van der Waals surface area (Å²) in [6, 6.07) is 0.386. The van der Waals surface area contributed by atoms with Gasteiger partial charge in [-0.3, -0.25) is 9.69 Å². The minimum atomic E-state index is 0.145. The van der Waals surface area contributed by atoms with Gasteiger partial charge in [0.05, 0.1) is 6.04 Å². The molecule has 3 rings (SSSR count). The molecule has 1 aromatic heterocycles. The first kappa shape index (κ1) is 15.9. The molecule has 2 heterocycles. The van der Waals surface area contributed by atoms with Gasteiger partial charge >= 0.3 is 0 Å².